The van der Waals surface area contributed by atoms with Gasteiger partial charge in [0, 0.05) is 18.8 Å². The molecular weight excluding hydrogens is 398 g/mol. The van der Waals surface area contributed by atoms with Crippen LogP contribution in [0.1, 0.15) is 96.8 Å². The predicted octanol–water partition coefficient (Wildman–Crippen LogP) is 3.76. The van der Waals surface area contributed by atoms with Crippen molar-refractivity contribution in [3.63, 3.8) is 0 Å². The van der Waals surface area contributed by atoms with Crippen LogP contribution in [0, 0.1) is 0 Å². The Bertz CT molecular complexity index is 487. The van der Waals surface area contributed by atoms with Crippen molar-refractivity contribution in [2.75, 3.05) is 26.2 Å². The van der Waals surface area contributed by atoms with Crippen molar-refractivity contribution < 1.29 is 34.2 Å². The first-order valence-electron chi connectivity index (χ1n) is 11.9. The number of carboxylic acids is 3. The number of hydrogen-bond donors (Lipinski definition) is 2. The van der Waals surface area contributed by atoms with Gasteiger partial charge in [-0.1, -0.05) is 64.0 Å². The molecule has 0 aliphatic carbocycles. The quantitative estimate of drug-likeness (QED) is 0.150. The van der Waals surface area contributed by atoms with E-state index < -0.39 is 17.9 Å². The first-order valence-corrected chi connectivity index (χ1v) is 11.9. The number of aliphatic carboxylic acids is 3. The average molecular weight is 442 g/mol. The molecular formula is C24H43NO6. The molecule has 0 aliphatic heterocycles. The summed E-state index contributed by atoms with van der Waals surface area (Å²) in [5.74, 6) is -3.12. The van der Waals surface area contributed by atoms with Crippen molar-refractivity contribution in [3.8, 4) is 0 Å². The second-order valence-electron chi connectivity index (χ2n) is 8.52. The third kappa shape index (κ3) is 18.6. The molecule has 0 aromatic heterocycles. The maximum Gasteiger partial charge on any atom is 0.309 e. The zero-order valence-electron chi connectivity index (χ0n) is 19.4. The summed E-state index contributed by atoms with van der Waals surface area (Å²) in [5, 5.41) is 29.0. The molecule has 0 saturated carbocycles. The van der Waals surface area contributed by atoms with Crippen LogP contribution in [-0.4, -0.2) is 58.8 Å². The van der Waals surface area contributed by atoms with E-state index in [1.54, 1.807) is 0 Å². The lowest BCUT2D eigenvalue weighted by Crippen LogP contribution is -2.52. The van der Waals surface area contributed by atoms with Crippen molar-refractivity contribution in [1.82, 2.24) is 0 Å². The number of allylic oxidation sites excluding steroid dienone is 2. The van der Waals surface area contributed by atoms with Crippen LogP contribution < -0.4 is 5.11 Å². The summed E-state index contributed by atoms with van der Waals surface area (Å²) < 4.78 is 0.193. The number of carbonyl (C=O) groups is 3. The van der Waals surface area contributed by atoms with Crippen LogP contribution in [0.25, 0.3) is 0 Å². The highest BCUT2D eigenvalue weighted by Crippen LogP contribution is 2.15. The molecule has 0 aromatic carbocycles. The van der Waals surface area contributed by atoms with Crippen molar-refractivity contribution >= 4 is 17.9 Å². The van der Waals surface area contributed by atoms with Crippen molar-refractivity contribution in [3.05, 3.63) is 12.2 Å². The zero-order valence-corrected chi connectivity index (χ0v) is 19.4. The Hall–Kier alpha value is -1.89. The Balaban J connectivity index is 4.36. The van der Waals surface area contributed by atoms with Gasteiger partial charge in [-0.2, -0.15) is 0 Å². The lowest BCUT2D eigenvalue weighted by atomic mass is 10.1. The van der Waals surface area contributed by atoms with Crippen LogP contribution in [0.5, 0.6) is 0 Å². The fourth-order valence-corrected chi connectivity index (χ4v) is 3.84. The maximum absolute atomic E-state index is 11.0. The molecule has 0 amide bonds. The van der Waals surface area contributed by atoms with Crippen molar-refractivity contribution in [2.45, 2.75) is 96.8 Å². The Labute approximate surface area is 187 Å². The first kappa shape index (κ1) is 29.1. The molecule has 7 nitrogen and oxygen atoms in total. The molecule has 0 fully saturated rings. The van der Waals surface area contributed by atoms with Gasteiger partial charge in [-0.05, 0) is 19.3 Å². The molecule has 0 heterocycles. The van der Waals surface area contributed by atoms with E-state index in [0.29, 0.717) is 6.54 Å². The van der Waals surface area contributed by atoms with Gasteiger partial charge >= 0.3 is 11.9 Å². The lowest BCUT2D eigenvalue weighted by molar-refractivity contribution is -0.927. The number of nitrogens with zero attached hydrogens (tertiary/aromatic N) is 1. The van der Waals surface area contributed by atoms with Gasteiger partial charge in [0.1, 0.15) is 0 Å². The summed E-state index contributed by atoms with van der Waals surface area (Å²) in [7, 11) is 0. The van der Waals surface area contributed by atoms with Gasteiger partial charge in [0.05, 0.1) is 39.0 Å². The molecule has 0 saturated heterocycles. The van der Waals surface area contributed by atoms with E-state index in [0.717, 1.165) is 19.3 Å². The minimum Gasteiger partial charge on any atom is -0.550 e. The molecule has 31 heavy (non-hydrogen) atoms. The maximum atomic E-state index is 11.0. The van der Waals surface area contributed by atoms with Crippen molar-refractivity contribution in [1.29, 1.82) is 0 Å². The zero-order chi connectivity index (χ0) is 23.4. The summed E-state index contributed by atoms with van der Waals surface area (Å²) in [6, 6.07) is 0. The van der Waals surface area contributed by atoms with Crippen LogP contribution in [0.4, 0.5) is 0 Å². The molecule has 2 N–H and O–H groups in total. The Kier molecular flexibility index (Phi) is 17.7. The highest BCUT2D eigenvalue weighted by Gasteiger charge is 2.28. The highest BCUT2D eigenvalue weighted by molar-refractivity contribution is 5.67. The van der Waals surface area contributed by atoms with Gasteiger partial charge in [0.15, 0.2) is 0 Å². The van der Waals surface area contributed by atoms with E-state index in [4.69, 9.17) is 10.2 Å². The van der Waals surface area contributed by atoms with Gasteiger partial charge in [0.25, 0.3) is 0 Å². The molecule has 0 radical (unpaired) electrons. The Morgan fingerprint density at radius 2 is 1.13 bits per heavy atom. The third-order valence-corrected chi connectivity index (χ3v) is 5.78. The molecule has 0 spiro atoms. The summed E-state index contributed by atoms with van der Waals surface area (Å²) in [6.07, 6.45) is 16.9. The van der Waals surface area contributed by atoms with Gasteiger partial charge in [-0.3, -0.25) is 9.59 Å². The molecule has 7 heteroatoms. The number of rotatable bonds is 22. The molecule has 0 bridgehead atoms. The molecule has 0 unspecified atom stereocenters. The SMILES string of the molecule is CCCCCCCCCC/C=C/CCC[N+](CCC(=O)[O-])(CCC(=O)O)CCC(=O)O. The average Bonchev–Trinajstić information content (AvgIpc) is 2.72. The van der Waals surface area contributed by atoms with E-state index in [9.17, 15) is 19.5 Å². The Morgan fingerprint density at radius 3 is 1.61 bits per heavy atom. The number of quaternary nitrogens is 1. The molecule has 0 atom stereocenters. The van der Waals surface area contributed by atoms with Gasteiger partial charge in [-0.25, -0.2) is 0 Å². The number of hydrogen-bond acceptors (Lipinski definition) is 4. The number of unbranched alkanes of at least 4 members (excludes halogenated alkanes) is 9. The van der Waals surface area contributed by atoms with Crippen LogP contribution in [0.15, 0.2) is 12.2 Å². The van der Waals surface area contributed by atoms with Crippen molar-refractivity contribution in [2.24, 2.45) is 0 Å². The monoisotopic (exact) mass is 441 g/mol. The second kappa shape index (κ2) is 18.8. The Morgan fingerprint density at radius 1 is 0.677 bits per heavy atom. The summed E-state index contributed by atoms with van der Waals surface area (Å²) in [5.41, 5.74) is 0. The third-order valence-electron chi connectivity index (χ3n) is 5.78. The lowest BCUT2D eigenvalue weighted by Gasteiger charge is -2.38. The molecule has 180 valence electrons. The number of carbonyl (C=O) groups excluding carboxylic acids is 1. The fourth-order valence-electron chi connectivity index (χ4n) is 3.84. The van der Waals surface area contributed by atoms with Gasteiger partial charge in [0.2, 0.25) is 0 Å². The predicted molar refractivity (Wildman–Crippen MR) is 119 cm³/mol. The molecule has 0 aromatic rings. The molecule has 0 rings (SSSR count). The minimum absolute atomic E-state index is 0.110. The van der Waals surface area contributed by atoms with E-state index >= 15 is 0 Å². The number of carboxylic acid groups (broad SMARTS) is 3. The minimum atomic E-state index is -1.20. The van der Waals surface area contributed by atoms with E-state index in [2.05, 4.69) is 19.1 Å². The highest BCUT2D eigenvalue weighted by atomic mass is 16.4. The summed E-state index contributed by atoms with van der Waals surface area (Å²) in [4.78, 5) is 33.0. The summed E-state index contributed by atoms with van der Waals surface area (Å²) >= 11 is 0. The standard InChI is InChI=1S/C24H43NO6/c1-2-3-4-5-6-7-8-9-10-11-12-13-14-18-25(19-15-22(26)27,20-16-23(28)29)21-17-24(30)31/h11-12H,2-10,13-21H2,1H3,(H2-,26,27,28,29,30,31)/b12-11+. The van der Waals surface area contributed by atoms with Crippen LogP contribution in [-0.2, 0) is 14.4 Å². The summed E-state index contributed by atoms with van der Waals surface area (Å²) in [6.45, 7) is 3.46. The fraction of sp³-hybridized carbons (Fsp3) is 0.792. The van der Waals surface area contributed by atoms with Crippen LogP contribution in [0.2, 0.25) is 0 Å². The smallest absolute Gasteiger partial charge is 0.309 e. The topological polar surface area (TPSA) is 115 Å². The second-order valence-corrected chi connectivity index (χ2v) is 8.52. The molecule has 0 aliphatic rings. The van der Waals surface area contributed by atoms with Gasteiger partial charge < -0.3 is 24.6 Å². The normalized spacial score (nSPS) is 11.8. The van der Waals surface area contributed by atoms with E-state index in [1.165, 1.54) is 51.4 Å². The van der Waals surface area contributed by atoms with Crippen LogP contribution in [0.3, 0.4) is 0 Å². The van der Waals surface area contributed by atoms with Crippen LogP contribution >= 0.6 is 0 Å². The van der Waals surface area contributed by atoms with E-state index in [-0.39, 0.29) is 43.4 Å². The van der Waals surface area contributed by atoms with Gasteiger partial charge in [-0.15, -0.1) is 0 Å². The first-order chi connectivity index (χ1) is 14.8. The largest absolute Gasteiger partial charge is 0.550 e. The van der Waals surface area contributed by atoms with E-state index in [1.807, 2.05) is 0 Å².